The quantitative estimate of drug-likeness (QED) is 0.632. The highest BCUT2D eigenvalue weighted by Gasteiger charge is 2.17. The van der Waals surface area contributed by atoms with E-state index in [9.17, 15) is 9.59 Å². The van der Waals surface area contributed by atoms with Gasteiger partial charge in [-0.15, -0.1) is 11.8 Å². The molecule has 0 aliphatic carbocycles. The molecule has 0 bridgehead atoms. The molecule has 1 N–H and O–H groups in total. The molecule has 0 fully saturated rings. The van der Waals surface area contributed by atoms with Gasteiger partial charge >= 0.3 is 5.97 Å². The number of carbonyl (C=O) groups excluding carboxylic acids is 2. The largest absolute Gasteiger partial charge is 0.455 e. The van der Waals surface area contributed by atoms with Gasteiger partial charge in [0.15, 0.2) is 6.61 Å². The first-order chi connectivity index (χ1) is 11.1. The number of nitrogens with one attached hydrogen (secondary N) is 1. The topological polar surface area (TPSA) is 55.4 Å². The SMILES string of the molecule is C[C@H](Sc1ccccc1)C(=O)OCC(=O)Nc1ccccc1Cl. The van der Waals surface area contributed by atoms with Crippen molar-refractivity contribution in [2.75, 3.05) is 11.9 Å². The third-order valence-corrected chi connectivity index (χ3v) is 4.30. The van der Waals surface area contributed by atoms with Crippen molar-refractivity contribution in [3.8, 4) is 0 Å². The molecular formula is C17H16ClNO3S. The average Bonchev–Trinajstić information content (AvgIpc) is 2.55. The van der Waals surface area contributed by atoms with Crippen LogP contribution in [-0.2, 0) is 14.3 Å². The molecule has 23 heavy (non-hydrogen) atoms. The molecule has 0 saturated heterocycles. The van der Waals surface area contributed by atoms with E-state index >= 15 is 0 Å². The normalized spacial score (nSPS) is 11.6. The lowest BCUT2D eigenvalue weighted by molar-refractivity contribution is -0.146. The number of amides is 1. The van der Waals surface area contributed by atoms with Crippen molar-refractivity contribution < 1.29 is 14.3 Å². The van der Waals surface area contributed by atoms with Gasteiger partial charge in [0.1, 0.15) is 5.25 Å². The molecule has 2 rings (SSSR count). The maximum Gasteiger partial charge on any atom is 0.319 e. The van der Waals surface area contributed by atoms with E-state index in [0.717, 1.165) is 4.90 Å². The monoisotopic (exact) mass is 349 g/mol. The van der Waals surface area contributed by atoms with Crippen molar-refractivity contribution in [2.45, 2.75) is 17.1 Å². The first-order valence-corrected chi connectivity index (χ1v) is 8.25. The Morgan fingerprint density at radius 1 is 1.13 bits per heavy atom. The number of esters is 1. The smallest absolute Gasteiger partial charge is 0.319 e. The minimum atomic E-state index is -0.437. The van der Waals surface area contributed by atoms with Crippen molar-refractivity contribution in [2.24, 2.45) is 0 Å². The maximum absolute atomic E-state index is 11.9. The van der Waals surface area contributed by atoms with Gasteiger partial charge < -0.3 is 10.1 Å². The molecule has 0 radical (unpaired) electrons. The molecule has 0 aromatic heterocycles. The molecule has 1 atom stereocenters. The molecule has 6 heteroatoms. The van der Waals surface area contributed by atoms with E-state index in [4.69, 9.17) is 16.3 Å². The average molecular weight is 350 g/mol. The lowest BCUT2D eigenvalue weighted by Crippen LogP contribution is -2.24. The molecule has 0 unspecified atom stereocenters. The summed E-state index contributed by atoms with van der Waals surface area (Å²) in [5, 5.41) is 2.63. The number of anilines is 1. The van der Waals surface area contributed by atoms with Crippen LogP contribution in [0.4, 0.5) is 5.69 Å². The van der Waals surface area contributed by atoms with Crippen molar-refractivity contribution >= 4 is 40.9 Å². The third kappa shape index (κ3) is 5.62. The minimum Gasteiger partial charge on any atom is -0.455 e. The summed E-state index contributed by atoms with van der Waals surface area (Å²) >= 11 is 7.33. The first-order valence-electron chi connectivity index (χ1n) is 6.99. The van der Waals surface area contributed by atoms with Gasteiger partial charge in [-0.1, -0.05) is 41.9 Å². The number of rotatable bonds is 6. The molecule has 1 amide bonds. The van der Waals surface area contributed by atoms with Gasteiger partial charge in [0.05, 0.1) is 10.7 Å². The zero-order valence-electron chi connectivity index (χ0n) is 12.5. The summed E-state index contributed by atoms with van der Waals surface area (Å²) in [5.74, 6) is -0.864. The van der Waals surface area contributed by atoms with Crippen LogP contribution in [0.1, 0.15) is 6.92 Å². The zero-order chi connectivity index (χ0) is 16.7. The lowest BCUT2D eigenvalue weighted by Gasteiger charge is -2.11. The van der Waals surface area contributed by atoms with Gasteiger partial charge in [0, 0.05) is 4.90 Å². The van der Waals surface area contributed by atoms with Crippen LogP contribution >= 0.6 is 23.4 Å². The van der Waals surface area contributed by atoms with Gasteiger partial charge in [-0.3, -0.25) is 9.59 Å². The Hall–Kier alpha value is -1.98. The lowest BCUT2D eigenvalue weighted by atomic mass is 10.3. The van der Waals surface area contributed by atoms with E-state index in [2.05, 4.69) is 5.32 Å². The fourth-order valence-corrected chi connectivity index (χ4v) is 2.82. The van der Waals surface area contributed by atoms with Crippen molar-refractivity contribution in [3.63, 3.8) is 0 Å². The number of ether oxygens (including phenoxy) is 1. The summed E-state index contributed by atoms with van der Waals surface area (Å²) in [4.78, 5) is 24.7. The van der Waals surface area contributed by atoms with Crippen LogP contribution in [0.15, 0.2) is 59.5 Å². The van der Waals surface area contributed by atoms with Crippen molar-refractivity contribution in [3.05, 3.63) is 59.6 Å². The van der Waals surface area contributed by atoms with Crippen molar-refractivity contribution in [1.29, 1.82) is 0 Å². The van der Waals surface area contributed by atoms with Crippen LogP contribution in [-0.4, -0.2) is 23.7 Å². The Morgan fingerprint density at radius 2 is 1.78 bits per heavy atom. The van der Waals surface area contributed by atoms with Crippen LogP contribution in [0.5, 0.6) is 0 Å². The van der Waals surface area contributed by atoms with E-state index in [1.807, 2.05) is 30.3 Å². The molecule has 0 heterocycles. The van der Waals surface area contributed by atoms with Gasteiger partial charge in [0.2, 0.25) is 0 Å². The highest BCUT2D eigenvalue weighted by Crippen LogP contribution is 2.23. The number of para-hydroxylation sites is 1. The second-order valence-corrected chi connectivity index (χ2v) is 6.53. The van der Waals surface area contributed by atoms with Crippen LogP contribution in [0, 0.1) is 0 Å². The molecule has 2 aromatic rings. The maximum atomic E-state index is 11.9. The van der Waals surface area contributed by atoms with Crippen LogP contribution in [0.25, 0.3) is 0 Å². The van der Waals surface area contributed by atoms with Gasteiger partial charge in [0.25, 0.3) is 5.91 Å². The number of benzene rings is 2. The number of halogens is 1. The van der Waals surface area contributed by atoms with Gasteiger partial charge in [-0.05, 0) is 31.2 Å². The second kappa shape index (κ2) is 8.60. The van der Waals surface area contributed by atoms with Gasteiger partial charge in [-0.2, -0.15) is 0 Å². The van der Waals surface area contributed by atoms with Gasteiger partial charge in [-0.25, -0.2) is 0 Å². The summed E-state index contributed by atoms with van der Waals surface area (Å²) in [6.45, 7) is 1.40. The van der Waals surface area contributed by atoms with E-state index in [0.29, 0.717) is 10.7 Å². The number of carbonyl (C=O) groups is 2. The Labute approximate surface area is 144 Å². The van der Waals surface area contributed by atoms with E-state index < -0.39 is 17.1 Å². The predicted molar refractivity (Wildman–Crippen MR) is 92.8 cm³/mol. The second-order valence-electron chi connectivity index (χ2n) is 4.71. The first kappa shape index (κ1) is 17.4. The summed E-state index contributed by atoms with van der Waals surface area (Å²) in [6.07, 6.45) is 0. The molecule has 0 aliphatic rings. The Morgan fingerprint density at radius 3 is 2.48 bits per heavy atom. The zero-order valence-corrected chi connectivity index (χ0v) is 14.1. The molecule has 0 spiro atoms. The fraction of sp³-hybridized carbons (Fsp3) is 0.176. The van der Waals surface area contributed by atoms with E-state index in [1.54, 1.807) is 31.2 Å². The van der Waals surface area contributed by atoms with Crippen molar-refractivity contribution in [1.82, 2.24) is 0 Å². The highest BCUT2D eigenvalue weighted by molar-refractivity contribution is 8.00. The molecule has 0 aliphatic heterocycles. The Bertz CT molecular complexity index is 679. The number of hydrogen-bond donors (Lipinski definition) is 1. The van der Waals surface area contributed by atoms with E-state index in [-0.39, 0.29) is 6.61 Å². The minimum absolute atomic E-state index is 0.344. The van der Waals surface area contributed by atoms with Crippen LogP contribution < -0.4 is 5.32 Å². The number of hydrogen-bond acceptors (Lipinski definition) is 4. The standard InChI is InChI=1S/C17H16ClNO3S/c1-12(23-13-7-3-2-4-8-13)17(21)22-11-16(20)19-15-10-6-5-9-14(15)18/h2-10,12H,11H2,1H3,(H,19,20)/t12-/m0/s1. The van der Waals surface area contributed by atoms with E-state index in [1.165, 1.54) is 11.8 Å². The Balaban J connectivity index is 1.79. The van der Waals surface area contributed by atoms with Crippen LogP contribution in [0.3, 0.4) is 0 Å². The number of thioether (sulfide) groups is 1. The fourth-order valence-electron chi connectivity index (χ4n) is 1.75. The van der Waals surface area contributed by atoms with Crippen LogP contribution in [0.2, 0.25) is 5.02 Å². The molecule has 2 aromatic carbocycles. The molecule has 4 nitrogen and oxygen atoms in total. The molecule has 0 saturated carbocycles. The summed E-state index contributed by atoms with van der Waals surface area (Å²) in [6, 6.07) is 16.4. The molecule has 120 valence electrons. The Kier molecular flexibility index (Phi) is 6.50. The summed E-state index contributed by atoms with van der Waals surface area (Å²) in [7, 11) is 0. The highest BCUT2D eigenvalue weighted by atomic mass is 35.5. The predicted octanol–water partition coefficient (Wildman–Crippen LogP) is 4.00. The third-order valence-electron chi connectivity index (χ3n) is 2.88. The summed E-state index contributed by atoms with van der Waals surface area (Å²) < 4.78 is 5.04. The molecular weight excluding hydrogens is 334 g/mol. The summed E-state index contributed by atoms with van der Waals surface area (Å²) in [5.41, 5.74) is 0.488.